The summed E-state index contributed by atoms with van der Waals surface area (Å²) in [6, 6.07) is 0. The van der Waals surface area contributed by atoms with E-state index < -0.39 is 0 Å². The van der Waals surface area contributed by atoms with Crippen molar-refractivity contribution < 1.29 is 0 Å². The highest BCUT2D eigenvalue weighted by Crippen LogP contribution is 2.52. The molecule has 0 nitrogen and oxygen atoms in total. The van der Waals surface area contributed by atoms with Crippen LogP contribution in [0.1, 0.15) is 58.3 Å². The van der Waals surface area contributed by atoms with Gasteiger partial charge in [-0.15, -0.1) is 6.58 Å². The normalized spacial score (nSPS) is 33.1. The molecule has 80 valence electrons. The van der Waals surface area contributed by atoms with Crippen molar-refractivity contribution in [3.05, 3.63) is 12.7 Å². The van der Waals surface area contributed by atoms with Gasteiger partial charge in [0, 0.05) is 0 Å². The van der Waals surface area contributed by atoms with Crippen LogP contribution >= 0.6 is 0 Å². The van der Waals surface area contributed by atoms with Gasteiger partial charge in [-0.3, -0.25) is 0 Å². The zero-order valence-electron chi connectivity index (χ0n) is 9.60. The maximum Gasteiger partial charge on any atom is -0.0236 e. The Hall–Kier alpha value is -0.260. The highest BCUT2D eigenvalue weighted by atomic mass is 14.5. The molecule has 1 spiro atoms. The zero-order valence-corrected chi connectivity index (χ0v) is 9.60. The van der Waals surface area contributed by atoms with Crippen LogP contribution in [0.2, 0.25) is 0 Å². The van der Waals surface area contributed by atoms with Gasteiger partial charge in [0.25, 0.3) is 0 Å². The monoisotopic (exact) mass is 192 g/mol. The third-order valence-electron chi connectivity index (χ3n) is 4.77. The number of allylic oxidation sites excluding steroid dienone is 1. The van der Waals surface area contributed by atoms with Crippen LogP contribution in [0.15, 0.2) is 12.7 Å². The lowest BCUT2D eigenvalue weighted by molar-refractivity contribution is 0.184. The molecule has 14 heavy (non-hydrogen) atoms. The first-order valence-electron chi connectivity index (χ1n) is 6.38. The summed E-state index contributed by atoms with van der Waals surface area (Å²) in [4.78, 5) is 0. The summed E-state index contributed by atoms with van der Waals surface area (Å²) in [6.45, 7) is 6.29. The minimum atomic E-state index is 0.747. The first kappa shape index (κ1) is 10.3. The summed E-state index contributed by atoms with van der Waals surface area (Å²) in [5.74, 6) is 1.70. The van der Waals surface area contributed by atoms with Crippen molar-refractivity contribution in [2.45, 2.75) is 58.3 Å². The molecule has 0 radical (unpaired) electrons. The number of hydrogen-bond acceptors (Lipinski definition) is 0. The molecule has 2 unspecified atom stereocenters. The van der Waals surface area contributed by atoms with Crippen molar-refractivity contribution in [3.8, 4) is 0 Å². The van der Waals surface area contributed by atoms with Gasteiger partial charge in [0.15, 0.2) is 0 Å². The molecule has 0 amide bonds. The van der Waals surface area contributed by atoms with E-state index in [-0.39, 0.29) is 0 Å². The van der Waals surface area contributed by atoms with Crippen molar-refractivity contribution in [2.24, 2.45) is 17.3 Å². The molecule has 2 rings (SSSR count). The van der Waals surface area contributed by atoms with Gasteiger partial charge >= 0.3 is 0 Å². The Morgan fingerprint density at radius 1 is 1.21 bits per heavy atom. The molecule has 0 saturated heterocycles. The van der Waals surface area contributed by atoms with Crippen LogP contribution in [0.3, 0.4) is 0 Å². The molecule has 0 aliphatic heterocycles. The molecule has 0 bridgehead atoms. The molecule has 2 atom stereocenters. The minimum Gasteiger partial charge on any atom is -0.103 e. The van der Waals surface area contributed by atoms with Crippen molar-refractivity contribution >= 4 is 0 Å². The highest BCUT2D eigenvalue weighted by molar-refractivity contribution is 4.95. The lowest BCUT2D eigenvalue weighted by Crippen LogP contribution is -2.21. The molecule has 0 aromatic carbocycles. The number of hydrogen-bond donors (Lipinski definition) is 0. The van der Waals surface area contributed by atoms with Crippen LogP contribution in [0.5, 0.6) is 0 Å². The average molecular weight is 192 g/mol. The molecule has 2 aliphatic rings. The van der Waals surface area contributed by atoms with Gasteiger partial charge in [0.05, 0.1) is 0 Å². The molecule has 2 fully saturated rings. The largest absolute Gasteiger partial charge is 0.103 e. The predicted octanol–water partition coefficient (Wildman–Crippen LogP) is 4.56. The van der Waals surface area contributed by atoms with E-state index in [1.54, 1.807) is 0 Å². The van der Waals surface area contributed by atoms with Gasteiger partial charge in [0.1, 0.15) is 0 Å². The lowest BCUT2D eigenvalue weighted by atomic mass is 9.72. The zero-order chi connectivity index (χ0) is 10.0. The Balaban J connectivity index is 1.95. The van der Waals surface area contributed by atoms with Crippen LogP contribution in [0, 0.1) is 17.3 Å². The van der Waals surface area contributed by atoms with Gasteiger partial charge in [-0.05, 0) is 49.4 Å². The molecular weight excluding hydrogens is 168 g/mol. The third-order valence-corrected chi connectivity index (χ3v) is 4.77. The van der Waals surface area contributed by atoms with E-state index in [1.807, 2.05) is 0 Å². The standard InChI is InChI=1S/C14H24/c1-3-12(2)13-7-10-14(11-13)8-5-4-6-9-14/h3,12-13H,1,4-11H2,2H3. The first-order valence-corrected chi connectivity index (χ1v) is 6.38. The molecule has 2 aliphatic carbocycles. The van der Waals surface area contributed by atoms with Gasteiger partial charge in [-0.2, -0.15) is 0 Å². The molecule has 0 aromatic rings. The maximum atomic E-state index is 3.94. The van der Waals surface area contributed by atoms with E-state index in [0.717, 1.165) is 17.3 Å². The van der Waals surface area contributed by atoms with Crippen molar-refractivity contribution in [2.75, 3.05) is 0 Å². The SMILES string of the molecule is C=CC(C)C1CCC2(CCCCC2)C1. The van der Waals surface area contributed by atoms with Gasteiger partial charge in [0.2, 0.25) is 0 Å². The second-order valence-electron chi connectivity index (χ2n) is 5.66. The first-order chi connectivity index (χ1) is 6.76. The van der Waals surface area contributed by atoms with Gasteiger partial charge < -0.3 is 0 Å². The molecule has 2 saturated carbocycles. The quantitative estimate of drug-likeness (QED) is 0.563. The van der Waals surface area contributed by atoms with Crippen LogP contribution in [0.4, 0.5) is 0 Å². The molecule has 0 N–H and O–H groups in total. The van der Waals surface area contributed by atoms with Gasteiger partial charge in [-0.25, -0.2) is 0 Å². The molecular formula is C14H24. The van der Waals surface area contributed by atoms with E-state index >= 15 is 0 Å². The summed E-state index contributed by atoms with van der Waals surface area (Å²) in [7, 11) is 0. The van der Waals surface area contributed by atoms with Crippen molar-refractivity contribution in [1.29, 1.82) is 0 Å². The summed E-state index contributed by atoms with van der Waals surface area (Å²) in [6.07, 6.45) is 14.2. The van der Waals surface area contributed by atoms with Gasteiger partial charge in [-0.1, -0.05) is 32.3 Å². The highest BCUT2D eigenvalue weighted by Gasteiger charge is 2.40. The lowest BCUT2D eigenvalue weighted by Gasteiger charge is -2.34. The fourth-order valence-electron chi connectivity index (χ4n) is 3.65. The topological polar surface area (TPSA) is 0 Å². The average Bonchev–Trinajstić information content (AvgIpc) is 2.62. The van der Waals surface area contributed by atoms with E-state index in [4.69, 9.17) is 0 Å². The van der Waals surface area contributed by atoms with E-state index in [0.29, 0.717) is 0 Å². The smallest absolute Gasteiger partial charge is 0.0236 e. The molecule has 0 aromatic heterocycles. The second kappa shape index (κ2) is 4.08. The van der Waals surface area contributed by atoms with Crippen molar-refractivity contribution in [1.82, 2.24) is 0 Å². The predicted molar refractivity (Wildman–Crippen MR) is 62.2 cm³/mol. The van der Waals surface area contributed by atoms with Crippen LogP contribution in [0.25, 0.3) is 0 Å². The van der Waals surface area contributed by atoms with Crippen molar-refractivity contribution in [3.63, 3.8) is 0 Å². The van der Waals surface area contributed by atoms with E-state index in [1.165, 1.54) is 51.4 Å². The third kappa shape index (κ3) is 1.89. The Labute approximate surface area is 88.8 Å². The number of rotatable bonds is 2. The van der Waals surface area contributed by atoms with E-state index in [9.17, 15) is 0 Å². The summed E-state index contributed by atoms with van der Waals surface area (Å²) in [5, 5.41) is 0. The maximum absolute atomic E-state index is 3.94. The minimum absolute atomic E-state index is 0.747. The Bertz CT molecular complexity index is 198. The summed E-state index contributed by atoms with van der Waals surface area (Å²) in [5.41, 5.74) is 0.778. The molecule has 0 heteroatoms. The second-order valence-corrected chi connectivity index (χ2v) is 5.66. The van der Waals surface area contributed by atoms with Crippen LogP contribution in [-0.2, 0) is 0 Å². The summed E-state index contributed by atoms with van der Waals surface area (Å²) < 4.78 is 0. The van der Waals surface area contributed by atoms with E-state index in [2.05, 4.69) is 19.6 Å². The fourth-order valence-corrected chi connectivity index (χ4v) is 3.65. The van der Waals surface area contributed by atoms with Crippen LogP contribution < -0.4 is 0 Å². The molecule has 0 heterocycles. The van der Waals surface area contributed by atoms with Crippen LogP contribution in [-0.4, -0.2) is 0 Å². The fraction of sp³-hybridized carbons (Fsp3) is 0.857. The Morgan fingerprint density at radius 2 is 1.93 bits per heavy atom. The Kier molecular flexibility index (Phi) is 2.99. The Morgan fingerprint density at radius 3 is 2.57 bits per heavy atom. The summed E-state index contributed by atoms with van der Waals surface area (Å²) >= 11 is 0.